The van der Waals surface area contributed by atoms with E-state index in [4.69, 9.17) is 0 Å². The molecule has 2 aromatic rings. The fraction of sp³-hybridized carbons (Fsp3) is 0.231. The van der Waals surface area contributed by atoms with Crippen LogP contribution < -0.4 is 4.90 Å². The molecule has 4 heteroatoms. The Kier molecular flexibility index (Phi) is 3.76. The van der Waals surface area contributed by atoms with Crippen molar-refractivity contribution < 1.29 is 9.50 Å². The van der Waals surface area contributed by atoms with Crippen molar-refractivity contribution in [2.24, 2.45) is 0 Å². The topological polar surface area (TPSA) is 23.5 Å². The van der Waals surface area contributed by atoms with Gasteiger partial charge in [-0.1, -0.05) is 18.2 Å². The van der Waals surface area contributed by atoms with Gasteiger partial charge >= 0.3 is 0 Å². The summed E-state index contributed by atoms with van der Waals surface area (Å²) in [5.74, 6) is -0.296. The summed E-state index contributed by atoms with van der Waals surface area (Å²) in [6.45, 7) is 0.494. The first-order chi connectivity index (χ1) is 8.22. The molecule has 0 aliphatic rings. The first-order valence-corrected chi connectivity index (χ1v) is 6.22. The molecule has 0 bridgehead atoms. The standard InChI is InChI=1S/C13H14FNOS/c1-15(8-11-5-3-7-17-11)13-10(9-16)4-2-6-12(13)14/h2-7,16H,8-9H2,1H3. The first-order valence-electron chi connectivity index (χ1n) is 5.34. The van der Waals surface area contributed by atoms with Crippen molar-refractivity contribution in [1.82, 2.24) is 0 Å². The number of anilines is 1. The van der Waals surface area contributed by atoms with Gasteiger partial charge in [0.1, 0.15) is 5.82 Å². The minimum absolute atomic E-state index is 0.151. The second-order valence-corrected chi connectivity index (χ2v) is 4.87. The number of hydrogen-bond donors (Lipinski definition) is 1. The lowest BCUT2D eigenvalue weighted by atomic mass is 10.1. The van der Waals surface area contributed by atoms with E-state index in [2.05, 4.69) is 0 Å². The molecule has 0 atom stereocenters. The number of thiophene rings is 1. The van der Waals surface area contributed by atoms with Crippen LogP contribution in [0.3, 0.4) is 0 Å². The summed E-state index contributed by atoms with van der Waals surface area (Å²) in [6, 6.07) is 8.76. The zero-order valence-electron chi connectivity index (χ0n) is 9.56. The molecule has 0 aliphatic carbocycles. The molecule has 0 fully saturated rings. The van der Waals surface area contributed by atoms with Gasteiger partial charge < -0.3 is 10.0 Å². The lowest BCUT2D eigenvalue weighted by molar-refractivity contribution is 0.281. The van der Waals surface area contributed by atoms with Crippen LogP contribution in [-0.2, 0) is 13.2 Å². The second kappa shape index (κ2) is 5.29. The van der Waals surface area contributed by atoms with E-state index in [0.717, 1.165) is 0 Å². The van der Waals surface area contributed by atoms with Crippen molar-refractivity contribution in [3.05, 3.63) is 52.0 Å². The highest BCUT2D eigenvalue weighted by Gasteiger charge is 2.12. The smallest absolute Gasteiger partial charge is 0.146 e. The van der Waals surface area contributed by atoms with Crippen LogP contribution in [0.25, 0.3) is 0 Å². The Hall–Kier alpha value is -1.39. The molecule has 1 heterocycles. The van der Waals surface area contributed by atoms with Crippen molar-refractivity contribution in [1.29, 1.82) is 0 Å². The third-order valence-corrected chi connectivity index (χ3v) is 3.46. The summed E-state index contributed by atoms with van der Waals surface area (Å²) in [4.78, 5) is 2.99. The van der Waals surface area contributed by atoms with E-state index in [0.29, 0.717) is 17.8 Å². The first kappa shape index (κ1) is 12.1. The van der Waals surface area contributed by atoms with Crippen molar-refractivity contribution >= 4 is 17.0 Å². The lowest BCUT2D eigenvalue weighted by Gasteiger charge is -2.21. The number of benzene rings is 1. The molecule has 0 unspecified atom stereocenters. The van der Waals surface area contributed by atoms with Gasteiger partial charge in [-0.05, 0) is 17.5 Å². The molecule has 0 aliphatic heterocycles. The Morgan fingerprint density at radius 2 is 2.12 bits per heavy atom. The fourth-order valence-electron chi connectivity index (χ4n) is 1.83. The van der Waals surface area contributed by atoms with Gasteiger partial charge in [-0.2, -0.15) is 0 Å². The molecule has 2 nitrogen and oxygen atoms in total. The van der Waals surface area contributed by atoms with Gasteiger partial charge in [-0.3, -0.25) is 0 Å². The Morgan fingerprint density at radius 1 is 1.29 bits per heavy atom. The summed E-state index contributed by atoms with van der Waals surface area (Å²) < 4.78 is 13.8. The zero-order valence-corrected chi connectivity index (χ0v) is 10.4. The maximum atomic E-state index is 13.8. The monoisotopic (exact) mass is 251 g/mol. The molecule has 0 amide bonds. The molecule has 1 N–H and O–H groups in total. The maximum absolute atomic E-state index is 13.8. The highest BCUT2D eigenvalue weighted by molar-refractivity contribution is 7.09. The zero-order chi connectivity index (χ0) is 12.3. The predicted molar refractivity (Wildman–Crippen MR) is 68.7 cm³/mol. The largest absolute Gasteiger partial charge is 0.392 e. The third-order valence-electron chi connectivity index (χ3n) is 2.60. The number of para-hydroxylation sites is 1. The molecule has 0 saturated carbocycles. The number of hydrogen-bond acceptors (Lipinski definition) is 3. The SMILES string of the molecule is CN(Cc1cccs1)c1c(F)cccc1CO. The van der Waals surface area contributed by atoms with Crippen LogP contribution in [0.1, 0.15) is 10.4 Å². The van der Waals surface area contributed by atoms with Gasteiger partial charge in [0.15, 0.2) is 0 Å². The van der Waals surface area contributed by atoms with Crippen molar-refractivity contribution in [2.45, 2.75) is 13.2 Å². The summed E-state index contributed by atoms with van der Waals surface area (Å²) in [5, 5.41) is 11.2. The van der Waals surface area contributed by atoms with Crippen LogP contribution >= 0.6 is 11.3 Å². The Labute approximate surface area is 104 Å². The Bertz CT molecular complexity index is 484. The molecule has 0 spiro atoms. The van der Waals surface area contributed by atoms with E-state index in [1.54, 1.807) is 23.5 Å². The van der Waals surface area contributed by atoms with Crippen LogP contribution in [0, 0.1) is 5.82 Å². The number of aliphatic hydroxyl groups excluding tert-OH is 1. The van der Waals surface area contributed by atoms with Crippen LogP contribution in [0.4, 0.5) is 10.1 Å². The van der Waals surface area contributed by atoms with E-state index in [1.807, 2.05) is 29.5 Å². The fourth-order valence-corrected chi connectivity index (χ4v) is 2.59. The predicted octanol–water partition coefficient (Wildman–Crippen LogP) is 3.02. The molecule has 2 rings (SSSR count). The molecular weight excluding hydrogens is 237 g/mol. The Morgan fingerprint density at radius 3 is 2.76 bits per heavy atom. The van der Waals surface area contributed by atoms with Crippen LogP contribution in [0.5, 0.6) is 0 Å². The molecule has 1 aromatic carbocycles. The van der Waals surface area contributed by atoms with Gasteiger partial charge in [0, 0.05) is 17.5 Å². The molecule has 0 radical (unpaired) electrons. The van der Waals surface area contributed by atoms with Gasteiger partial charge in [-0.25, -0.2) is 4.39 Å². The molecular formula is C13H14FNOS. The number of aliphatic hydroxyl groups is 1. The number of halogens is 1. The van der Waals surface area contributed by atoms with E-state index >= 15 is 0 Å². The number of nitrogens with zero attached hydrogens (tertiary/aromatic N) is 1. The van der Waals surface area contributed by atoms with Gasteiger partial charge in [0.25, 0.3) is 0 Å². The summed E-state index contributed by atoms with van der Waals surface area (Å²) in [5.41, 5.74) is 1.09. The summed E-state index contributed by atoms with van der Waals surface area (Å²) >= 11 is 1.64. The van der Waals surface area contributed by atoms with Gasteiger partial charge in [0.05, 0.1) is 18.8 Å². The number of rotatable bonds is 4. The van der Waals surface area contributed by atoms with Crippen LogP contribution in [-0.4, -0.2) is 12.2 Å². The van der Waals surface area contributed by atoms with E-state index in [1.165, 1.54) is 10.9 Å². The minimum atomic E-state index is -0.296. The second-order valence-electron chi connectivity index (χ2n) is 3.84. The maximum Gasteiger partial charge on any atom is 0.146 e. The average Bonchev–Trinajstić information content (AvgIpc) is 2.81. The average molecular weight is 251 g/mol. The quantitative estimate of drug-likeness (QED) is 0.903. The lowest BCUT2D eigenvalue weighted by Crippen LogP contribution is -2.18. The van der Waals surface area contributed by atoms with E-state index in [-0.39, 0.29) is 12.4 Å². The Balaban J connectivity index is 2.26. The van der Waals surface area contributed by atoms with E-state index in [9.17, 15) is 9.50 Å². The molecule has 1 aromatic heterocycles. The van der Waals surface area contributed by atoms with Crippen LogP contribution in [0.2, 0.25) is 0 Å². The van der Waals surface area contributed by atoms with Crippen molar-refractivity contribution in [2.75, 3.05) is 11.9 Å². The summed E-state index contributed by atoms with van der Waals surface area (Å²) in [6.07, 6.45) is 0. The van der Waals surface area contributed by atoms with E-state index < -0.39 is 0 Å². The van der Waals surface area contributed by atoms with Crippen molar-refractivity contribution in [3.63, 3.8) is 0 Å². The third kappa shape index (κ3) is 2.65. The van der Waals surface area contributed by atoms with Crippen molar-refractivity contribution in [3.8, 4) is 0 Å². The molecule has 17 heavy (non-hydrogen) atoms. The molecule has 0 saturated heterocycles. The van der Waals surface area contributed by atoms with Crippen LogP contribution in [0.15, 0.2) is 35.7 Å². The highest BCUT2D eigenvalue weighted by Crippen LogP contribution is 2.25. The summed E-state index contributed by atoms with van der Waals surface area (Å²) in [7, 11) is 1.83. The van der Waals surface area contributed by atoms with Gasteiger partial charge in [-0.15, -0.1) is 11.3 Å². The minimum Gasteiger partial charge on any atom is -0.392 e. The molecule has 90 valence electrons. The van der Waals surface area contributed by atoms with Gasteiger partial charge in [0.2, 0.25) is 0 Å². The highest BCUT2D eigenvalue weighted by atomic mass is 32.1. The normalized spacial score (nSPS) is 10.5.